The highest BCUT2D eigenvalue weighted by Crippen LogP contribution is 2.44. The summed E-state index contributed by atoms with van der Waals surface area (Å²) in [6.07, 6.45) is 0.688. The molecule has 0 saturated carbocycles. The molecular weight excluding hydrogens is 488 g/mol. The lowest BCUT2D eigenvalue weighted by Gasteiger charge is -2.37. The Kier molecular flexibility index (Phi) is 6.15. The number of amides is 1. The molecule has 170 valence electrons. The van der Waals surface area contributed by atoms with E-state index in [2.05, 4.69) is 43.6 Å². The summed E-state index contributed by atoms with van der Waals surface area (Å²) in [5, 5.41) is 30.0. The standard InChI is InChI=1S/C23H23BrN6O3/c1-23(2,3)33-22(31)30-7-8-32-17(12-30)20-15(10-26)18(16-11-27-29-21(16)28-20)14-6-4-5-13(9-25)19(14)24/h4-6,11,17-18H,7-8,12H2,1-3H3,(H2,27,28,29). The smallest absolute Gasteiger partial charge is 0.410 e. The maximum atomic E-state index is 12.6. The topological polar surface area (TPSA) is 127 Å². The summed E-state index contributed by atoms with van der Waals surface area (Å²) >= 11 is 3.54. The third-order valence-corrected chi connectivity index (χ3v) is 6.32. The van der Waals surface area contributed by atoms with Crippen LogP contribution in [-0.2, 0) is 9.47 Å². The van der Waals surface area contributed by atoms with Gasteiger partial charge in [0.2, 0.25) is 0 Å². The molecule has 1 saturated heterocycles. The summed E-state index contributed by atoms with van der Waals surface area (Å²) in [6.45, 7) is 6.40. The number of nitrogens with one attached hydrogen (secondary N) is 2. The third-order valence-electron chi connectivity index (χ3n) is 5.44. The van der Waals surface area contributed by atoms with Gasteiger partial charge in [0.15, 0.2) is 0 Å². The number of carbonyl (C=O) groups excluding carboxylic acids is 1. The number of ether oxygens (including phenoxy) is 2. The molecule has 33 heavy (non-hydrogen) atoms. The van der Waals surface area contributed by atoms with Crippen LogP contribution in [0.4, 0.5) is 10.6 Å². The molecule has 1 fully saturated rings. The average Bonchev–Trinajstić information content (AvgIpc) is 3.25. The monoisotopic (exact) mass is 510 g/mol. The first-order chi connectivity index (χ1) is 15.7. The summed E-state index contributed by atoms with van der Waals surface area (Å²) in [5.74, 6) is 0.171. The van der Waals surface area contributed by atoms with Crippen LogP contribution in [0.3, 0.4) is 0 Å². The Balaban J connectivity index is 1.74. The van der Waals surface area contributed by atoms with Crippen LogP contribution in [0.15, 0.2) is 40.1 Å². The molecule has 9 nitrogen and oxygen atoms in total. The molecule has 2 aromatic rings. The number of allylic oxidation sites excluding steroid dienone is 1. The van der Waals surface area contributed by atoms with E-state index in [4.69, 9.17) is 9.47 Å². The normalized spacial score (nSPS) is 20.4. The Labute approximate surface area is 200 Å². The Bertz CT molecular complexity index is 1200. The highest BCUT2D eigenvalue weighted by Gasteiger charge is 2.38. The molecule has 0 radical (unpaired) electrons. The molecule has 2 unspecified atom stereocenters. The number of halogens is 1. The molecule has 2 atom stereocenters. The number of rotatable bonds is 2. The lowest BCUT2D eigenvalue weighted by molar-refractivity contribution is -0.0296. The van der Waals surface area contributed by atoms with Crippen LogP contribution in [-0.4, -0.2) is 52.6 Å². The summed E-state index contributed by atoms with van der Waals surface area (Å²) in [7, 11) is 0. The van der Waals surface area contributed by atoms with E-state index in [1.165, 1.54) is 0 Å². The first-order valence-electron chi connectivity index (χ1n) is 10.5. The highest BCUT2D eigenvalue weighted by atomic mass is 79.9. The number of benzene rings is 1. The van der Waals surface area contributed by atoms with Gasteiger partial charge in [-0.05, 0) is 48.3 Å². The van der Waals surface area contributed by atoms with E-state index in [9.17, 15) is 15.3 Å². The molecular formula is C23H23BrN6O3. The lowest BCUT2D eigenvalue weighted by atomic mass is 9.82. The zero-order chi connectivity index (χ0) is 23.8. The molecule has 1 aromatic heterocycles. The van der Waals surface area contributed by atoms with Crippen molar-refractivity contribution in [3.63, 3.8) is 0 Å². The van der Waals surface area contributed by atoms with Crippen LogP contribution in [0.1, 0.15) is 43.4 Å². The quantitative estimate of drug-likeness (QED) is 0.624. The molecule has 1 aromatic carbocycles. The Morgan fingerprint density at radius 2 is 2.09 bits per heavy atom. The van der Waals surface area contributed by atoms with Crippen LogP contribution in [0.5, 0.6) is 0 Å². The van der Waals surface area contributed by atoms with E-state index in [0.29, 0.717) is 40.3 Å². The van der Waals surface area contributed by atoms with Gasteiger partial charge in [0.05, 0.1) is 48.2 Å². The van der Waals surface area contributed by atoms with Crippen molar-refractivity contribution in [2.24, 2.45) is 0 Å². The number of fused-ring (bicyclic) bond motifs is 1. The van der Waals surface area contributed by atoms with Gasteiger partial charge in [0.25, 0.3) is 0 Å². The maximum absolute atomic E-state index is 12.6. The zero-order valence-corrected chi connectivity index (χ0v) is 20.1. The van der Waals surface area contributed by atoms with E-state index in [0.717, 1.165) is 11.1 Å². The molecule has 2 aliphatic heterocycles. The second kappa shape index (κ2) is 8.89. The molecule has 0 spiro atoms. The van der Waals surface area contributed by atoms with Crippen molar-refractivity contribution >= 4 is 27.8 Å². The van der Waals surface area contributed by atoms with Crippen molar-refractivity contribution in [2.75, 3.05) is 25.0 Å². The van der Waals surface area contributed by atoms with Crippen molar-refractivity contribution in [3.05, 3.63) is 56.8 Å². The van der Waals surface area contributed by atoms with Crippen molar-refractivity contribution in [1.29, 1.82) is 10.5 Å². The second-order valence-electron chi connectivity index (χ2n) is 8.80. The fourth-order valence-electron chi connectivity index (χ4n) is 4.00. The minimum absolute atomic E-state index is 0.234. The molecule has 2 aliphatic rings. The molecule has 1 amide bonds. The zero-order valence-electron chi connectivity index (χ0n) is 18.5. The first-order valence-corrected chi connectivity index (χ1v) is 11.2. The molecule has 4 rings (SSSR count). The van der Waals surface area contributed by atoms with Gasteiger partial charge in [-0.1, -0.05) is 12.1 Å². The highest BCUT2D eigenvalue weighted by molar-refractivity contribution is 9.10. The minimum Gasteiger partial charge on any atom is -0.444 e. The first kappa shape index (κ1) is 22.8. The van der Waals surface area contributed by atoms with E-state index in [-0.39, 0.29) is 6.54 Å². The number of morpholine rings is 1. The summed E-state index contributed by atoms with van der Waals surface area (Å²) < 4.78 is 12.1. The van der Waals surface area contributed by atoms with Gasteiger partial charge in [0.1, 0.15) is 23.6 Å². The van der Waals surface area contributed by atoms with Crippen LogP contribution >= 0.6 is 15.9 Å². The number of hydrogen-bond acceptors (Lipinski definition) is 7. The Hall–Kier alpha value is -3.34. The van der Waals surface area contributed by atoms with E-state index in [1.54, 1.807) is 23.2 Å². The van der Waals surface area contributed by atoms with Gasteiger partial charge in [-0.3, -0.25) is 5.10 Å². The van der Waals surface area contributed by atoms with Gasteiger partial charge in [-0.15, -0.1) is 0 Å². The van der Waals surface area contributed by atoms with Gasteiger partial charge in [-0.2, -0.15) is 15.6 Å². The number of carbonyl (C=O) groups is 1. The Morgan fingerprint density at radius 1 is 1.30 bits per heavy atom. The third kappa shape index (κ3) is 4.45. The predicted molar refractivity (Wildman–Crippen MR) is 123 cm³/mol. The van der Waals surface area contributed by atoms with Gasteiger partial charge >= 0.3 is 6.09 Å². The van der Waals surface area contributed by atoms with Crippen LogP contribution in [0.25, 0.3) is 0 Å². The van der Waals surface area contributed by atoms with Crippen LogP contribution in [0, 0.1) is 22.7 Å². The van der Waals surface area contributed by atoms with Gasteiger partial charge < -0.3 is 19.7 Å². The molecule has 2 N–H and O–H groups in total. The number of aromatic amines is 1. The van der Waals surface area contributed by atoms with Crippen LogP contribution < -0.4 is 5.32 Å². The molecule has 0 bridgehead atoms. The number of nitriles is 2. The van der Waals surface area contributed by atoms with E-state index in [1.807, 2.05) is 26.8 Å². The predicted octanol–water partition coefficient (Wildman–Crippen LogP) is 4.01. The maximum Gasteiger partial charge on any atom is 0.410 e. The van der Waals surface area contributed by atoms with Crippen molar-refractivity contribution in [3.8, 4) is 12.1 Å². The summed E-state index contributed by atoms with van der Waals surface area (Å²) in [6, 6.07) is 9.88. The van der Waals surface area contributed by atoms with Crippen LogP contribution in [0.2, 0.25) is 0 Å². The second-order valence-corrected chi connectivity index (χ2v) is 9.60. The number of hydrogen-bond donors (Lipinski definition) is 2. The average molecular weight is 511 g/mol. The van der Waals surface area contributed by atoms with Gasteiger partial charge in [0, 0.05) is 16.6 Å². The largest absolute Gasteiger partial charge is 0.444 e. The van der Waals surface area contributed by atoms with Gasteiger partial charge in [-0.25, -0.2) is 4.79 Å². The SMILES string of the molecule is CC(C)(C)OC(=O)N1CCOC(C2=C(C#N)C(c3cccc(C#N)c3Br)c3cn[nH]c3N2)C1. The minimum atomic E-state index is -0.612. The van der Waals surface area contributed by atoms with Crippen molar-refractivity contribution < 1.29 is 14.3 Å². The molecule has 10 heteroatoms. The van der Waals surface area contributed by atoms with Crippen molar-refractivity contribution in [1.82, 2.24) is 15.1 Å². The fourth-order valence-corrected chi connectivity index (χ4v) is 4.59. The van der Waals surface area contributed by atoms with E-state index >= 15 is 0 Å². The number of nitrogens with zero attached hydrogens (tertiary/aromatic N) is 4. The lowest BCUT2D eigenvalue weighted by Crippen LogP contribution is -2.49. The summed E-state index contributed by atoms with van der Waals surface area (Å²) in [4.78, 5) is 14.2. The number of H-pyrrole nitrogens is 1. The molecule has 3 heterocycles. The number of anilines is 1. The molecule has 0 aliphatic carbocycles. The Morgan fingerprint density at radius 3 is 2.79 bits per heavy atom. The van der Waals surface area contributed by atoms with E-state index < -0.39 is 23.7 Å². The number of aromatic nitrogens is 2. The fraction of sp³-hybridized carbons (Fsp3) is 0.391. The summed E-state index contributed by atoms with van der Waals surface area (Å²) in [5.41, 5.74) is 2.41. The van der Waals surface area contributed by atoms with Crippen molar-refractivity contribution in [2.45, 2.75) is 38.4 Å².